The minimum atomic E-state index is -0.493. The molecule has 2 aromatic carbocycles. The van der Waals surface area contributed by atoms with Gasteiger partial charge in [-0.1, -0.05) is 35.9 Å². The lowest BCUT2D eigenvalue weighted by Crippen LogP contribution is -2.29. The Kier molecular flexibility index (Phi) is 6.90. The van der Waals surface area contributed by atoms with Crippen LogP contribution < -0.4 is 10.6 Å². The fourth-order valence-electron chi connectivity index (χ4n) is 3.24. The fraction of sp³-hybridized carbons (Fsp3) is 0.130. The van der Waals surface area contributed by atoms with Crippen LogP contribution in [-0.2, 0) is 4.74 Å². The number of carbonyl (C=O) groups is 2. The summed E-state index contributed by atoms with van der Waals surface area (Å²) >= 11 is 9.84. The van der Waals surface area contributed by atoms with E-state index in [1.807, 2.05) is 30.3 Å². The number of methoxy groups -OCH3 is 1. The lowest BCUT2D eigenvalue weighted by atomic mass is 10.1. The Labute approximate surface area is 203 Å². The minimum absolute atomic E-state index is 0.291. The van der Waals surface area contributed by atoms with Crippen molar-refractivity contribution < 1.29 is 14.3 Å². The molecule has 1 amide bonds. The van der Waals surface area contributed by atoms with Gasteiger partial charge in [0.05, 0.1) is 29.0 Å². The molecule has 33 heavy (non-hydrogen) atoms. The Morgan fingerprint density at radius 3 is 2.67 bits per heavy atom. The molecular formula is C23H19BrClN5O3. The Morgan fingerprint density at radius 2 is 1.88 bits per heavy atom. The second kappa shape index (κ2) is 10.0. The van der Waals surface area contributed by atoms with Crippen LogP contribution in [0.15, 0.2) is 65.3 Å². The number of aromatic nitrogens is 3. The fourth-order valence-corrected chi connectivity index (χ4v) is 3.82. The van der Waals surface area contributed by atoms with Crippen LogP contribution >= 0.6 is 27.5 Å². The van der Waals surface area contributed by atoms with Gasteiger partial charge in [-0.05, 0) is 40.2 Å². The van der Waals surface area contributed by atoms with Crippen molar-refractivity contribution in [2.75, 3.05) is 25.5 Å². The van der Waals surface area contributed by atoms with Crippen molar-refractivity contribution in [2.24, 2.45) is 0 Å². The number of nitrogens with zero attached hydrogens (tertiary/aromatic N) is 3. The van der Waals surface area contributed by atoms with E-state index >= 15 is 0 Å². The van der Waals surface area contributed by atoms with E-state index in [1.54, 1.807) is 28.9 Å². The Bertz CT molecular complexity index is 1340. The summed E-state index contributed by atoms with van der Waals surface area (Å²) in [5, 5.41) is 11.1. The van der Waals surface area contributed by atoms with Gasteiger partial charge in [0.1, 0.15) is 5.82 Å². The van der Waals surface area contributed by atoms with Gasteiger partial charge in [0.15, 0.2) is 5.65 Å². The van der Waals surface area contributed by atoms with Gasteiger partial charge in [-0.3, -0.25) is 4.79 Å². The largest absolute Gasteiger partial charge is 0.465 e. The molecule has 0 atom stereocenters. The number of benzene rings is 2. The van der Waals surface area contributed by atoms with Crippen LogP contribution in [0, 0.1) is 0 Å². The average Bonchev–Trinajstić information content (AvgIpc) is 3.22. The molecule has 0 aliphatic rings. The molecule has 0 bridgehead atoms. The van der Waals surface area contributed by atoms with Gasteiger partial charge < -0.3 is 15.4 Å². The van der Waals surface area contributed by atoms with Gasteiger partial charge in [0, 0.05) is 35.3 Å². The third kappa shape index (κ3) is 4.99. The highest BCUT2D eigenvalue weighted by Crippen LogP contribution is 2.30. The zero-order chi connectivity index (χ0) is 23.4. The topological polar surface area (TPSA) is 97.6 Å². The number of esters is 1. The molecule has 8 nitrogen and oxygen atoms in total. The summed E-state index contributed by atoms with van der Waals surface area (Å²) in [4.78, 5) is 28.8. The number of fused-ring (bicyclic) bond motifs is 1. The van der Waals surface area contributed by atoms with Crippen LogP contribution in [0.5, 0.6) is 0 Å². The van der Waals surface area contributed by atoms with E-state index in [0.29, 0.717) is 46.4 Å². The maximum atomic E-state index is 12.5. The maximum Gasteiger partial charge on any atom is 0.337 e. The smallest absolute Gasteiger partial charge is 0.337 e. The SMILES string of the molecule is COC(=O)c1cccc(C(=O)NCCNc2cc(-c3ccccc3Cl)nc3c(Br)cnn23)c1. The predicted octanol–water partition coefficient (Wildman–Crippen LogP) is 4.44. The second-order valence-electron chi connectivity index (χ2n) is 6.99. The molecule has 4 rings (SSSR count). The molecule has 168 valence electrons. The van der Waals surface area contributed by atoms with Crippen molar-refractivity contribution >= 4 is 50.9 Å². The van der Waals surface area contributed by atoms with E-state index in [2.05, 4.69) is 36.6 Å². The van der Waals surface area contributed by atoms with E-state index < -0.39 is 5.97 Å². The minimum Gasteiger partial charge on any atom is -0.465 e. The first-order valence-electron chi connectivity index (χ1n) is 9.97. The molecule has 0 aliphatic carbocycles. The quantitative estimate of drug-likeness (QED) is 0.272. The molecule has 0 fully saturated rings. The van der Waals surface area contributed by atoms with E-state index in [1.165, 1.54) is 13.2 Å². The summed E-state index contributed by atoms with van der Waals surface area (Å²) in [6.07, 6.45) is 1.67. The third-order valence-electron chi connectivity index (χ3n) is 4.84. The van der Waals surface area contributed by atoms with Crippen LogP contribution in [0.1, 0.15) is 20.7 Å². The van der Waals surface area contributed by atoms with Crippen molar-refractivity contribution in [2.45, 2.75) is 0 Å². The van der Waals surface area contributed by atoms with Crippen LogP contribution in [0.3, 0.4) is 0 Å². The van der Waals surface area contributed by atoms with Gasteiger partial charge in [-0.2, -0.15) is 9.61 Å². The lowest BCUT2D eigenvalue weighted by molar-refractivity contribution is 0.0600. The first kappa shape index (κ1) is 22.8. The lowest BCUT2D eigenvalue weighted by Gasteiger charge is -2.12. The highest BCUT2D eigenvalue weighted by atomic mass is 79.9. The highest BCUT2D eigenvalue weighted by molar-refractivity contribution is 9.10. The molecule has 10 heteroatoms. The zero-order valence-electron chi connectivity index (χ0n) is 17.5. The summed E-state index contributed by atoms with van der Waals surface area (Å²) in [6, 6.07) is 15.7. The number of nitrogens with one attached hydrogen (secondary N) is 2. The number of carbonyl (C=O) groups excluding carboxylic acids is 2. The zero-order valence-corrected chi connectivity index (χ0v) is 19.9. The third-order valence-corrected chi connectivity index (χ3v) is 5.73. The number of hydrogen-bond donors (Lipinski definition) is 2. The number of hydrogen-bond acceptors (Lipinski definition) is 6. The van der Waals surface area contributed by atoms with E-state index in [4.69, 9.17) is 16.3 Å². The average molecular weight is 529 g/mol. The molecule has 0 spiro atoms. The number of ether oxygens (including phenoxy) is 1. The first-order valence-corrected chi connectivity index (χ1v) is 11.1. The van der Waals surface area contributed by atoms with Crippen LogP contribution in [0.4, 0.5) is 5.82 Å². The van der Waals surface area contributed by atoms with Crippen LogP contribution in [-0.4, -0.2) is 46.7 Å². The molecule has 0 aliphatic heterocycles. The van der Waals surface area contributed by atoms with E-state index in [9.17, 15) is 9.59 Å². The first-order chi connectivity index (χ1) is 16.0. The van der Waals surface area contributed by atoms with Crippen LogP contribution in [0.25, 0.3) is 16.9 Å². The molecule has 4 aromatic rings. The Hall–Kier alpha value is -3.43. The van der Waals surface area contributed by atoms with Crippen molar-refractivity contribution in [3.63, 3.8) is 0 Å². The molecule has 0 saturated carbocycles. The molecule has 2 heterocycles. The maximum absolute atomic E-state index is 12.5. The second-order valence-corrected chi connectivity index (χ2v) is 8.25. The van der Waals surface area contributed by atoms with E-state index in [0.717, 1.165) is 10.0 Å². The molecule has 0 saturated heterocycles. The van der Waals surface area contributed by atoms with Gasteiger partial charge in [-0.15, -0.1) is 0 Å². The number of halogens is 2. The molecule has 2 N–H and O–H groups in total. The normalized spacial score (nSPS) is 10.8. The van der Waals surface area contributed by atoms with E-state index in [-0.39, 0.29) is 5.91 Å². The number of amides is 1. The number of rotatable bonds is 7. The van der Waals surface area contributed by atoms with Gasteiger partial charge >= 0.3 is 5.97 Å². The molecule has 2 aromatic heterocycles. The van der Waals surface area contributed by atoms with Crippen molar-refractivity contribution in [1.29, 1.82) is 0 Å². The predicted molar refractivity (Wildman–Crippen MR) is 130 cm³/mol. The standard InChI is InChI=1S/C23H19BrClN5O3/c1-33-23(32)15-6-4-5-14(11-15)22(31)27-10-9-26-20-12-19(16-7-2-3-8-18(16)25)29-21-17(24)13-28-30(20)21/h2-8,11-13,26H,9-10H2,1H3,(H,27,31). The summed E-state index contributed by atoms with van der Waals surface area (Å²) in [6.45, 7) is 0.774. The van der Waals surface area contributed by atoms with Crippen LogP contribution in [0.2, 0.25) is 5.02 Å². The molecule has 0 unspecified atom stereocenters. The summed E-state index contributed by atoms with van der Waals surface area (Å²) in [5.41, 5.74) is 2.83. The molecule has 0 radical (unpaired) electrons. The summed E-state index contributed by atoms with van der Waals surface area (Å²) < 4.78 is 7.12. The van der Waals surface area contributed by atoms with Gasteiger partial charge in [0.2, 0.25) is 0 Å². The number of anilines is 1. The van der Waals surface area contributed by atoms with Gasteiger partial charge in [0.25, 0.3) is 5.91 Å². The summed E-state index contributed by atoms with van der Waals surface area (Å²) in [7, 11) is 1.30. The highest BCUT2D eigenvalue weighted by Gasteiger charge is 2.14. The summed E-state index contributed by atoms with van der Waals surface area (Å²) in [5.74, 6) is -0.0868. The van der Waals surface area contributed by atoms with Crippen molar-refractivity contribution in [3.8, 4) is 11.3 Å². The van der Waals surface area contributed by atoms with Crippen molar-refractivity contribution in [1.82, 2.24) is 19.9 Å². The van der Waals surface area contributed by atoms with Crippen molar-refractivity contribution in [3.05, 3.63) is 81.4 Å². The molecular weight excluding hydrogens is 510 g/mol. The monoisotopic (exact) mass is 527 g/mol. The Balaban J connectivity index is 1.47. The van der Waals surface area contributed by atoms with Gasteiger partial charge in [-0.25, -0.2) is 9.78 Å². The Morgan fingerprint density at radius 1 is 1.09 bits per heavy atom.